The summed E-state index contributed by atoms with van der Waals surface area (Å²) in [7, 11) is 0. The monoisotopic (exact) mass is 277 g/mol. The van der Waals surface area contributed by atoms with E-state index in [9.17, 15) is 14.4 Å². The van der Waals surface area contributed by atoms with E-state index in [1.807, 2.05) is 0 Å². The summed E-state index contributed by atoms with van der Waals surface area (Å²) in [5, 5.41) is 2.96. The number of ketones is 2. The molecule has 4 nitrogen and oxygen atoms in total. The number of carbonyl (C=O) groups is 2. The molecule has 0 aliphatic heterocycles. The van der Waals surface area contributed by atoms with Gasteiger partial charge in [0.1, 0.15) is 5.94 Å². The number of fused-ring (bicyclic) bond motifs is 2. The molecule has 0 radical (unpaired) electrons. The van der Waals surface area contributed by atoms with Gasteiger partial charge in [-0.15, -0.1) is 0 Å². The first-order valence-corrected chi connectivity index (χ1v) is 6.48. The highest BCUT2D eigenvalue weighted by Gasteiger charge is 2.30. The summed E-state index contributed by atoms with van der Waals surface area (Å²) >= 11 is 0. The van der Waals surface area contributed by atoms with E-state index in [2.05, 4.69) is 5.32 Å². The van der Waals surface area contributed by atoms with E-state index in [0.717, 1.165) is 0 Å². The van der Waals surface area contributed by atoms with Gasteiger partial charge < -0.3 is 5.32 Å². The largest absolute Gasteiger partial charge is 0.380 e. The van der Waals surface area contributed by atoms with E-state index in [4.69, 9.17) is 0 Å². The number of benzene rings is 2. The number of rotatable bonds is 3. The molecule has 102 valence electrons. The predicted octanol–water partition coefficient (Wildman–Crippen LogP) is 2.26. The summed E-state index contributed by atoms with van der Waals surface area (Å²) in [5.41, 5.74) is 2.14. The van der Waals surface area contributed by atoms with Crippen LogP contribution >= 0.6 is 0 Å². The first-order valence-electron chi connectivity index (χ1n) is 6.48. The van der Waals surface area contributed by atoms with Crippen LogP contribution < -0.4 is 5.32 Å². The van der Waals surface area contributed by atoms with Crippen molar-refractivity contribution in [2.45, 2.75) is 0 Å². The van der Waals surface area contributed by atoms with E-state index < -0.39 is 0 Å². The fourth-order valence-electron chi connectivity index (χ4n) is 2.50. The Morgan fingerprint density at radius 3 is 2.29 bits per heavy atom. The Kier molecular flexibility index (Phi) is 3.22. The average Bonchev–Trinajstić information content (AvgIpc) is 2.53. The van der Waals surface area contributed by atoms with Crippen LogP contribution in [-0.4, -0.2) is 24.1 Å². The number of carbonyl (C=O) groups excluding carboxylic acids is 3. The van der Waals surface area contributed by atoms with Crippen molar-refractivity contribution >= 4 is 23.2 Å². The molecule has 2 aromatic carbocycles. The third-order valence-electron chi connectivity index (χ3n) is 3.43. The fourth-order valence-corrected chi connectivity index (χ4v) is 2.50. The normalized spacial score (nSPS) is 12.2. The zero-order valence-corrected chi connectivity index (χ0v) is 11.1. The Labute approximate surface area is 121 Å². The first kappa shape index (κ1) is 13.0. The zero-order valence-electron chi connectivity index (χ0n) is 11.1. The van der Waals surface area contributed by atoms with E-state index in [-0.39, 0.29) is 18.1 Å². The summed E-state index contributed by atoms with van der Waals surface area (Å²) in [5.74, 6) is 1.32. The molecule has 1 aliphatic carbocycles. The van der Waals surface area contributed by atoms with Crippen LogP contribution in [0.4, 0.5) is 5.69 Å². The number of anilines is 1. The molecule has 4 heteroatoms. The molecule has 1 N–H and O–H groups in total. The molecule has 0 amide bonds. The van der Waals surface area contributed by atoms with Crippen LogP contribution in [0.15, 0.2) is 48.5 Å². The predicted molar refractivity (Wildman–Crippen MR) is 78.5 cm³/mol. The minimum absolute atomic E-state index is 0.158. The zero-order chi connectivity index (χ0) is 14.8. The molecule has 0 aromatic heterocycles. The summed E-state index contributed by atoms with van der Waals surface area (Å²) < 4.78 is 0. The molecule has 0 atom stereocenters. The lowest BCUT2D eigenvalue weighted by molar-refractivity contribution is 0.0979. The van der Waals surface area contributed by atoms with E-state index in [1.165, 1.54) is 6.08 Å². The SMILES string of the molecule is O=C=CCNc1cccc2c1C(=O)c1ccccc1C2=O. The second-order valence-electron chi connectivity index (χ2n) is 4.63. The van der Waals surface area contributed by atoms with Crippen molar-refractivity contribution in [3.05, 3.63) is 70.8 Å². The molecule has 1 aliphatic rings. The quantitative estimate of drug-likeness (QED) is 0.746. The fraction of sp³-hybridized carbons (Fsp3) is 0.0588. The minimum atomic E-state index is -0.182. The molecule has 0 fully saturated rings. The standard InChI is InChI=1S/C17H11NO3/c19-10-4-9-18-14-8-3-7-13-15(14)17(21)12-6-2-1-5-11(12)16(13)20/h1-8,18H,9H2. The Hall–Kier alpha value is -2.97. The highest BCUT2D eigenvalue weighted by atomic mass is 16.1. The Balaban J connectivity index is 2.14. The molecule has 0 saturated heterocycles. The molecule has 0 unspecified atom stereocenters. The Morgan fingerprint density at radius 1 is 0.905 bits per heavy atom. The van der Waals surface area contributed by atoms with Gasteiger partial charge in [-0.3, -0.25) is 9.59 Å². The van der Waals surface area contributed by atoms with Crippen molar-refractivity contribution < 1.29 is 14.4 Å². The second-order valence-corrected chi connectivity index (χ2v) is 4.63. The van der Waals surface area contributed by atoms with Gasteiger partial charge in [0.05, 0.1) is 5.56 Å². The van der Waals surface area contributed by atoms with Gasteiger partial charge in [-0.05, 0) is 6.07 Å². The van der Waals surface area contributed by atoms with Gasteiger partial charge in [-0.25, -0.2) is 4.79 Å². The molecule has 21 heavy (non-hydrogen) atoms. The van der Waals surface area contributed by atoms with Gasteiger partial charge in [0.2, 0.25) is 0 Å². The van der Waals surface area contributed by atoms with Crippen molar-refractivity contribution in [2.75, 3.05) is 11.9 Å². The van der Waals surface area contributed by atoms with Crippen LogP contribution in [0, 0.1) is 0 Å². The van der Waals surface area contributed by atoms with Crippen molar-refractivity contribution in [1.29, 1.82) is 0 Å². The number of hydrogen-bond acceptors (Lipinski definition) is 4. The van der Waals surface area contributed by atoms with E-state index >= 15 is 0 Å². The van der Waals surface area contributed by atoms with Gasteiger partial charge in [-0.1, -0.05) is 36.4 Å². The lowest BCUT2D eigenvalue weighted by Crippen LogP contribution is -2.22. The molecular weight excluding hydrogens is 266 g/mol. The lowest BCUT2D eigenvalue weighted by atomic mass is 9.83. The molecule has 0 bridgehead atoms. The Morgan fingerprint density at radius 2 is 1.57 bits per heavy atom. The second kappa shape index (κ2) is 5.19. The molecule has 0 heterocycles. The van der Waals surface area contributed by atoms with Crippen LogP contribution in [0.2, 0.25) is 0 Å². The first-order chi connectivity index (χ1) is 10.2. The average molecular weight is 277 g/mol. The summed E-state index contributed by atoms with van der Waals surface area (Å²) in [6, 6.07) is 11.9. The maximum Gasteiger partial charge on any atom is 0.196 e. The third-order valence-corrected chi connectivity index (χ3v) is 3.43. The molecular formula is C17H11NO3. The number of hydrogen-bond donors (Lipinski definition) is 1. The lowest BCUT2D eigenvalue weighted by Gasteiger charge is -2.20. The van der Waals surface area contributed by atoms with Gasteiger partial charge >= 0.3 is 0 Å². The summed E-state index contributed by atoms with van der Waals surface area (Å²) in [6.07, 6.45) is 1.28. The van der Waals surface area contributed by atoms with Crippen molar-refractivity contribution in [2.24, 2.45) is 0 Å². The van der Waals surface area contributed by atoms with Gasteiger partial charge in [0, 0.05) is 35.0 Å². The van der Waals surface area contributed by atoms with Gasteiger partial charge in [0.25, 0.3) is 0 Å². The maximum atomic E-state index is 12.6. The van der Waals surface area contributed by atoms with Crippen molar-refractivity contribution in [3.8, 4) is 0 Å². The van der Waals surface area contributed by atoms with E-state index in [1.54, 1.807) is 48.4 Å². The van der Waals surface area contributed by atoms with Crippen molar-refractivity contribution in [1.82, 2.24) is 0 Å². The van der Waals surface area contributed by atoms with Gasteiger partial charge in [0.15, 0.2) is 11.6 Å². The highest BCUT2D eigenvalue weighted by molar-refractivity contribution is 6.30. The number of nitrogens with one attached hydrogen (secondary N) is 1. The van der Waals surface area contributed by atoms with Gasteiger partial charge in [-0.2, -0.15) is 0 Å². The van der Waals surface area contributed by atoms with Crippen LogP contribution in [0.3, 0.4) is 0 Å². The van der Waals surface area contributed by atoms with Crippen LogP contribution in [0.1, 0.15) is 31.8 Å². The highest BCUT2D eigenvalue weighted by Crippen LogP contribution is 2.31. The molecule has 0 spiro atoms. The summed E-state index contributed by atoms with van der Waals surface area (Å²) in [6.45, 7) is 0.253. The molecule has 3 rings (SSSR count). The summed E-state index contributed by atoms with van der Waals surface area (Å²) in [4.78, 5) is 35.3. The van der Waals surface area contributed by atoms with E-state index in [0.29, 0.717) is 27.9 Å². The van der Waals surface area contributed by atoms with Crippen LogP contribution in [0.5, 0.6) is 0 Å². The molecule has 0 saturated carbocycles. The van der Waals surface area contributed by atoms with Crippen molar-refractivity contribution in [3.63, 3.8) is 0 Å². The van der Waals surface area contributed by atoms with Crippen LogP contribution in [-0.2, 0) is 4.79 Å². The topological polar surface area (TPSA) is 63.2 Å². The minimum Gasteiger partial charge on any atom is -0.380 e. The van der Waals surface area contributed by atoms with Crippen LogP contribution in [0.25, 0.3) is 0 Å². The third kappa shape index (κ3) is 2.08. The maximum absolute atomic E-state index is 12.6. The smallest absolute Gasteiger partial charge is 0.196 e. The molecule has 2 aromatic rings. The Bertz CT molecular complexity index is 801.